The van der Waals surface area contributed by atoms with Crippen molar-refractivity contribution in [3.05, 3.63) is 216 Å². The molecule has 0 amide bonds. The van der Waals surface area contributed by atoms with E-state index in [-0.39, 0.29) is 22.3 Å². The summed E-state index contributed by atoms with van der Waals surface area (Å²) < 4.78 is 96.0. The molecular formula is C59H38F6S2. The molecule has 8 heteroatoms. The molecule has 8 aromatic rings. The van der Waals surface area contributed by atoms with Gasteiger partial charge in [0.15, 0.2) is 0 Å². The molecule has 0 saturated heterocycles. The second-order valence-electron chi connectivity index (χ2n) is 17.9. The van der Waals surface area contributed by atoms with Gasteiger partial charge in [-0.25, -0.2) is 0 Å². The lowest BCUT2D eigenvalue weighted by Gasteiger charge is -2.47. The van der Waals surface area contributed by atoms with Crippen molar-refractivity contribution in [2.24, 2.45) is 0 Å². The third-order valence-corrected chi connectivity index (χ3v) is 17.5. The number of allylic oxidation sites excluding steroid dienone is 2. The van der Waals surface area contributed by atoms with Crippen LogP contribution < -0.4 is 0 Å². The molecule has 0 nitrogen and oxygen atoms in total. The van der Waals surface area contributed by atoms with Gasteiger partial charge in [0.05, 0.1) is 9.49 Å². The number of halogens is 6. The van der Waals surface area contributed by atoms with Crippen LogP contribution in [0.1, 0.15) is 25.0 Å². The Kier molecular flexibility index (Phi) is 9.23. The number of hydrogen-bond donors (Lipinski definition) is 0. The van der Waals surface area contributed by atoms with Crippen LogP contribution in [0.3, 0.4) is 0 Å². The Labute approximate surface area is 393 Å². The van der Waals surface area contributed by atoms with Crippen molar-refractivity contribution >= 4 is 34.7 Å². The fourth-order valence-corrected chi connectivity index (χ4v) is 14.0. The number of fused-ring (bicyclic) bond motifs is 8. The summed E-state index contributed by atoms with van der Waals surface area (Å²) in [7, 11) is 0. The molecule has 1 saturated carbocycles. The largest absolute Gasteiger partial charge is 0.380 e. The number of rotatable bonds is 6. The lowest BCUT2D eigenvalue weighted by atomic mass is 9.68. The Morgan fingerprint density at radius 2 is 0.597 bits per heavy atom. The average Bonchev–Trinajstić information content (AvgIpc) is 3.87. The third kappa shape index (κ3) is 5.91. The van der Waals surface area contributed by atoms with Gasteiger partial charge in [0.1, 0.15) is 0 Å². The van der Waals surface area contributed by atoms with Gasteiger partial charge in [-0.15, -0.1) is 23.5 Å². The normalized spacial score (nSPS) is 21.4. The fraction of sp³-hybridized carbons (Fsp3) is 0.119. The van der Waals surface area contributed by atoms with Crippen molar-refractivity contribution in [3.63, 3.8) is 0 Å². The van der Waals surface area contributed by atoms with Crippen LogP contribution in [0.5, 0.6) is 0 Å². The Balaban J connectivity index is 1.02. The van der Waals surface area contributed by atoms with Crippen molar-refractivity contribution in [2.45, 2.75) is 50.9 Å². The maximum absolute atomic E-state index is 16.7. The van der Waals surface area contributed by atoms with E-state index in [0.29, 0.717) is 9.79 Å². The molecule has 2 unspecified atom stereocenters. The van der Waals surface area contributed by atoms with Crippen LogP contribution in [-0.2, 0) is 0 Å². The van der Waals surface area contributed by atoms with Crippen LogP contribution in [0, 0.1) is 0 Å². The lowest BCUT2D eigenvalue weighted by molar-refractivity contribution is -0.257. The highest BCUT2D eigenvalue weighted by molar-refractivity contribution is 8.06. The Morgan fingerprint density at radius 1 is 0.284 bits per heavy atom. The lowest BCUT2D eigenvalue weighted by Crippen LogP contribution is -2.47. The van der Waals surface area contributed by atoms with E-state index in [1.807, 2.05) is 158 Å². The van der Waals surface area contributed by atoms with E-state index in [4.69, 9.17) is 0 Å². The first-order chi connectivity index (χ1) is 32.2. The van der Waals surface area contributed by atoms with Gasteiger partial charge in [0, 0.05) is 20.9 Å². The predicted octanol–water partition coefficient (Wildman–Crippen LogP) is 17.6. The van der Waals surface area contributed by atoms with Crippen LogP contribution in [0.4, 0.5) is 26.3 Å². The van der Waals surface area contributed by atoms with Gasteiger partial charge in [-0.1, -0.05) is 170 Å². The van der Waals surface area contributed by atoms with E-state index in [0.717, 1.165) is 66.8 Å². The molecule has 8 aromatic carbocycles. The van der Waals surface area contributed by atoms with E-state index < -0.39 is 38.4 Å². The molecule has 4 aliphatic rings. The first kappa shape index (κ1) is 41.9. The number of hydrogen-bond acceptors (Lipinski definition) is 2. The smallest absolute Gasteiger partial charge is 0.194 e. The van der Waals surface area contributed by atoms with Gasteiger partial charge < -0.3 is 0 Å². The number of alkyl halides is 6. The number of benzene rings is 8. The summed E-state index contributed by atoms with van der Waals surface area (Å²) in [5, 5.41) is 0. The third-order valence-electron chi connectivity index (χ3n) is 14.2. The summed E-state index contributed by atoms with van der Waals surface area (Å²) >= 11 is 2.59. The zero-order valence-corrected chi connectivity index (χ0v) is 37.7. The molecule has 67 heavy (non-hydrogen) atoms. The van der Waals surface area contributed by atoms with Crippen LogP contribution >= 0.6 is 23.5 Å². The number of thioether (sulfide) groups is 2. The van der Waals surface area contributed by atoms with Gasteiger partial charge in [-0.05, 0) is 127 Å². The topological polar surface area (TPSA) is 0 Å². The standard InChI is InChI=1S/C59H38F6S2/c1-55-51(45-29-25-41(33-49(45)66-55)43-27-23-39(35-15-7-3-8-16-35)31-47(43)37-19-11-5-12-20-37)53-54(58(62,63)59(64,65)57(53,60)61)52-46-30-26-42(34-50(46)67-56(52,55)2)44-28-24-40(36-17-9-4-10-18-36)32-48(44)38-21-13-6-14-22-38/h3-34H,1-2H3. The Morgan fingerprint density at radius 3 is 0.955 bits per heavy atom. The highest BCUT2D eigenvalue weighted by Crippen LogP contribution is 2.78. The monoisotopic (exact) mass is 924 g/mol. The van der Waals surface area contributed by atoms with Crippen molar-refractivity contribution < 1.29 is 26.3 Å². The maximum atomic E-state index is 16.7. The Hall–Kier alpha value is -6.48. The van der Waals surface area contributed by atoms with Crippen LogP contribution in [0.25, 0.3) is 77.9 Å². The quantitative estimate of drug-likeness (QED) is 0.152. The van der Waals surface area contributed by atoms with Crippen molar-refractivity contribution in [2.75, 3.05) is 0 Å². The summed E-state index contributed by atoms with van der Waals surface area (Å²) in [5.74, 6) is -16.0. The summed E-state index contributed by atoms with van der Waals surface area (Å²) in [4.78, 5) is 1.13. The van der Waals surface area contributed by atoms with Crippen LogP contribution in [-0.4, -0.2) is 27.3 Å². The molecule has 2 aliphatic heterocycles. The molecule has 2 aliphatic carbocycles. The first-order valence-electron chi connectivity index (χ1n) is 22.0. The van der Waals surface area contributed by atoms with Crippen molar-refractivity contribution in [1.82, 2.24) is 0 Å². The minimum atomic E-state index is -5.67. The molecule has 0 aromatic heterocycles. The van der Waals surface area contributed by atoms with E-state index in [1.54, 1.807) is 38.1 Å². The molecule has 0 bridgehead atoms. The average molecular weight is 925 g/mol. The molecule has 0 spiro atoms. The van der Waals surface area contributed by atoms with Crippen molar-refractivity contribution in [1.29, 1.82) is 0 Å². The summed E-state index contributed by atoms with van der Waals surface area (Å²) in [6.45, 7) is 3.53. The molecule has 2 heterocycles. The predicted molar refractivity (Wildman–Crippen MR) is 263 cm³/mol. The van der Waals surface area contributed by atoms with Gasteiger partial charge in [0.2, 0.25) is 0 Å². The van der Waals surface area contributed by atoms with Crippen LogP contribution in [0.2, 0.25) is 0 Å². The fourth-order valence-electron chi connectivity index (χ4n) is 10.8. The minimum Gasteiger partial charge on any atom is -0.194 e. The minimum absolute atomic E-state index is 0.159. The highest BCUT2D eigenvalue weighted by atomic mass is 32.2. The first-order valence-corrected chi connectivity index (χ1v) is 23.7. The van der Waals surface area contributed by atoms with E-state index >= 15 is 26.3 Å². The molecule has 0 radical (unpaired) electrons. The zero-order valence-electron chi connectivity index (χ0n) is 36.1. The summed E-state index contributed by atoms with van der Waals surface area (Å²) in [6, 6.07) is 63.0. The summed E-state index contributed by atoms with van der Waals surface area (Å²) in [6.07, 6.45) is 0. The van der Waals surface area contributed by atoms with Gasteiger partial charge in [-0.2, -0.15) is 26.3 Å². The molecular weight excluding hydrogens is 887 g/mol. The van der Waals surface area contributed by atoms with E-state index in [1.165, 1.54) is 23.5 Å². The maximum Gasteiger partial charge on any atom is 0.380 e. The second kappa shape index (κ2) is 14.8. The molecule has 328 valence electrons. The molecule has 2 atom stereocenters. The van der Waals surface area contributed by atoms with Gasteiger partial charge >= 0.3 is 17.8 Å². The molecule has 12 rings (SSSR count). The Bertz CT molecular complexity index is 3170. The highest BCUT2D eigenvalue weighted by Gasteiger charge is 2.85. The van der Waals surface area contributed by atoms with Gasteiger partial charge in [0.25, 0.3) is 0 Å². The van der Waals surface area contributed by atoms with Crippen molar-refractivity contribution in [3.8, 4) is 66.8 Å². The summed E-state index contributed by atoms with van der Waals surface area (Å²) in [5.41, 5.74) is 8.95. The molecule has 0 N–H and O–H groups in total. The SMILES string of the molecule is CC12Sc3cc(-c4ccc(-c5ccccc5)cc4-c4ccccc4)ccc3C1=C1C(=C3c4ccc(-c5ccc(-c6ccccc6)cc5-c5ccccc5)cc4SC32C)C(F)(F)C(F)(F)C1(F)F. The zero-order chi connectivity index (χ0) is 46.1. The van der Waals surface area contributed by atoms with Gasteiger partial charge in [-0.3, -0.25) is 0 Å². The molecule has 1 fully saturated rings. The van der Waals surface area contributed by atoms with E-state index in [9.17, 15) is 0 Å². The second-order valence-corrected chi connectivity index (χ2v) is 20.8. The van der Waals surface area contributed by atoms with E-state index in [2.05, 4.69) is 12.1 Å². The van der Waals surface area contributed by atoms with Crippen LogP contribution in [0.15, 0.2) is 215 Å².